The predicted molar refractivity (Wildman–Crippen MR) is 89.4 cm³/mol. The molecular formula is C18H38O3. The average molecular weight is 302 g/mol. The molecule has 0 radical (unpaired) electrons. The lowest BCUT2D eigenvalue weighted by atomic mass is 10.0. The average Bonchev–Trinajstić information content (AvgIpc) is 2.48. The van der Waals surface area contributed by atoms with Gasteiger partial charge in [0.15, 0.2) is 0 Å². The van der Waals surface area contributed by atoms with Gasteiger partial charge in [0.05, 0.1) is 12.2 Å². The van der Waals surface area contributed by atoms with Crippen molar-refractivity contribution in [1.29, 1.82) is 0 Å². The normalized spacial score (nSPS) is 14.3. The molecule has 128 valence electrons. The minimum Gasteiger partial charge on any atom is -0.396 e. The van der Waals surface area contributed by atoms with Crippen LogP contribution in [-0.2, 0) is 0 Å². The van der Waals surface area contributed by atoms with Crippen molar-refractivity contribution < 1.29 is 15.3 Å². The van der Waals surface area contributed by atoms with Crippen molar-refractivity contribution >= 4 is 0 Å². The summed E-state index contributed by atoms with van der Waals surface area (Å²) in [5, 5.41) is 28.4. The van der Waals surface area contributed by atoms with E-state index in [4.69, 9.17) is 5.11 Å². The summed E-state index contributed by atoms with van der Waals surface area (Å²) < 4.78 is 0. The number of hydrogen-bond donors (Lipinski definition) is 3. The molecule has 0 aliphatic rings. The van der Waals surface area contributed by atoms with Crippen LogP contribution in [0.2, 0.25) is 0 Å². The minimum atomic E-state index is -0.243. The fourth-order valence-corrected chi connectivity index (χ4v) is 2.68. The van der Waals surface area contributed by atoms with E-state index in [-0.39, 0.29) is 12.2 Å². The van der Waals surface area contributed by atoms with E-state index in [0.717, 1.165) is 51.4 Å². The summed E-state index contributed by atoms with van der Waals surface area (Å²) in [6.07, 6.45) is 14.2. The molecule has 0 fully saturated rings. The second kappa shape index (κ2) is 16.3. The SMILES string of the molecule is CCCCCC[C@@H](O)CCC(O)CCCCCCCCO. The molecule has 1 unspecified atom stereocenters. The van der Waals surface area contributed by atoms with E-state index in [1.807, 2.05) is 0 Å². The maximum atomic E-state index is 9.90. The van der Waals surface area contributed by atoms with Crippen LogP contribution < -0.4 is 0 Å². The Morgan fingerprint density at radius 3 is 1.48 bits per heavy atom. The standard InChI is InChI=1S/C18H38O3/c1-2-3-4-9-12-17(20)14-15-18(21)13-10-7-5-6-8-11-16-19/h17-21H,2-16H2,1H3/t17-,18?/m1/s1. The van der Waals surface area contributed by atoms with E-state index in [2.05, 4.69) is 6.92 Å². The largest absolute Gasteiger partial charge is 0.396 e. The van der Waals surface area contributed by atoms with Gasteiger partial charge in [0.25, 0.3) is 0 Å². The van der Waals surface area contributed by atoms with E-state index in [1.54, 1.807) is 0 Å². The van der Waals surface area contributed by atoms with Crippen molar-refractivity contribution in [1.82, 2.24) is 0 Å². The second-order valence-corrected chi connectivity index (χ2v) is 6.37. The van der Waals surface area contributed by atoms with Gasteiger partial charge < -0.3 is 15.3 Å². The van der Waals surface area contributed by atoms with Crippen LogP contribution in [0, 0.1) is 0 Å². The molecule has 3 nitrogen and oxygen atoms in total. The van der Waals surface area contributed by atoms with Gasteiger partial charge >= 0.3 is 0 Å². The highest BCUT2D eigenvalue weighted by Crippen LogP contribution is 2.14. The van der Waals surface area contributed by atoms with Crippen molar-refractivity contribution in [2.75, 3.05) is 6.61 Å². The van der Waals surface area contributed by atoms with E-state index in [9.17, 15) is 10.2 Å². The molecule has 0 aliphatic carbocycles. The zero-order valence-corrected chi connectivity index (χ0v) is 14.1. The van der Waals surface area contributed by atoms with Gasteiger partial charge in [0, 0.05) is 6.61 Å². The third-order valence-electron chi connectivity index (χ3n) is 4.17. The number of rotatable bonds is 16. The minimum absolute atomic E-state index is 0.227. The van der Waals surface area contributed by atoms with Crippen LogP contribution in [0.1, 0.15) is 96.8 Å². The first-order chi connectivity index (χ1) is 10.2. The molecule has 0 aromatic heterocycles. The van der Waals surface area contributed by atoms with Gasteiger partial charge in [-0.2, -0.15) is 0 Å². The molecule has 0 bridgehead atoms. The Morgan fingerprint density at radius 1 is 0.571 bits per heavy atom. The van der Waals surface area contributed by atoms with E-state index >= 15 is 0 Å². The molecular weight excluding hydrogens is 264 g/mol. The smallest absolute Gasteiger partial charge is 0.0541 e. The molecule has 0 rings (SSSR count). The molecule has 0 saturated heterocycles. The van der Waals surface area contributed by atoms with Gasteiger partial charge in [-0.3, -0.25) is 0 Å². The molecule has 0 aromatic rings. The molecule has 3 heteroatoms. The highest BCUT2D eigenvalue weighted by molar-refractivity contribution is 4.62. The Hall–Kier alpha value is -0.120. The molecule has 0 saturated carbocycles. The quantitative estimate of drug-likeness (QED) is 0.375. The van der Waals surface area contributed by atoms with Crippen LogP contribution in [0.15, 0.2) is 0 Å². The molecule has 3 N–H and O–H groups in total. The van der Waals surface area contributed by atoms with Crippen molar-refractivity contribution in [2.45, 2.75) is 109 Å². The predicted octanol–water partition coefficient (Wildman–Crippen LogP) is 4.18. The van der Waals surface area contributed by atoms with Crippen LogP contribution in [0.5, 0.6) is 0 Å². The van der Waals surface area contributed by atoms with Gasteiger partial charge in [-0.25, -0.2) is 0 Å². The monoisotopic (exact) mass is 302 g/mol. The van der Waals surface area contributed by atoms with E-state index in [1.165, 1.54) is 38.5 Å². The zero-order chi connectivity index (χ0) is 15.8. The lowest BCUT2D eigenvalue weighted by Gasteiger charge is -2.14. The van der Waals surface area contributed by atoms with Crippen LogP contribution in [0.4, 0.5) is 0 Å². The lowest BCUT2D eigenvalue weighted by molar-refractivity contribution is 0.101. The first-order valence-corrected chi connectivity index (χ1v) is 9.17. The van der Waals surface area contributed by atoms with Crippen LogP contribution in [0.3, 0.4) is 0 Å². The molecule has 21 heavy (non-hydrogen) atoms. The summed E-state index contributed by atoms with van der Waals surface area (Å²) in [5.41, 5.74) is 0. The van der Waals surface area contributed by atoms with Gasteiger partial charge in [0.2, 0.25) is 0 Å². The second-order valence-electron chi connectivity index (χ2n) is 6.37. The Labute approximate surface area is 131 Å². The molecule has 0 heterocycles. The Balaban J connectivity index is 3.30. The fourth-order valence-electron chi connectivity index (χ4n) is 2.68. The van der Waals surface area contributed by atoms with Crippen LogP contribution in [-0.4, -0.2) is 34.1 Å². The van der Waals surface area contributed by atoms with Gasteiger partial charge in [0.1, 0.15) is 0 Å². The molecule has 0 amide bonds. The fraction of sp³-hybridized carbons (Fsp3) is 1.00. The summed E-state index contributed by atoms with van der Waals surface area (Å²) in [7, 11) is 0. The van der Waals surface area contributed by atoms with E-state index < -0.39 is 0 Å². The lowest BCUT2D eigenvalue weighted by Crippen LogP contribution is -2.13. The van der Waals surface area contributed by atoms with Crippen molar-refractivity contribution in [3.05, 3.63) is 0 Å². The van der Waals surface area contributed by atoms with Crippen molar-refractivity contribution in [3.8, 4) is 0 Å². The Bertz CT molecular complexity index is 197. The summed E-state index contributed by atoms with van der Waals surface area (Å²) >= 11 is 0. The molecule has 2 atom stereocenters. The number of unbranched alkanes of at least 4 members (excludes halogenated alkanes) is 8. The zero-order valence-electron chi connectivity index (χ0n) is 14.1. The molecule has 0 aliphatic heterocycles. The number of aliphatic hydroxyl groups excluding tert-OH is 3. The first kappa shape index (κ1) is 20.9. The summed E-state index contributed by atoms with van der Waals surface area (Å²) in [5.74, 6) is 0. The summed E-state index contributed by atoms with van der Waals surface area (Å²) in [6, 6.07) is 0. The molecule has 0 spiro atoms. The maximum Gasteiger partial charge on any atom is 0.0541 e. The number of hydrogen-bond acceptors (Lipinski definition) is 3. The van der Waals surface area contributed by atoms with Gasteiger partial charge in [-0.05, 0) is 32.1 Å². The third-order valence-corrected chi connectivity index (χ3v) is 4.17. The molecule has 0 aromatic carbocycles. The summed E-state index contributed by atoms with van der Waals surface area (Å²) in [4.78, 5) is 0. The number of aliphatic hydroxyl groups is 3. The highest BCUT2D eigenvalue weighted by atomic mass is 16.3. The van der Waals surface area contributed by atoms with Crippen molar-refractivity contribution in [2.24, 2.45) is 0 Å². The Kier molecular flexibility index (Phi) is 16.2. The van der Waals surface area contributed by atoms with Gasteiger partial charge in [-0.1, -0.05) is 64.7 Å². The summed E-state index contributed by atoms with van der Waals surface area (Å²) in [6.45, 7) is 2.50. The maximum absolute atomic E-state index is 9.90. The van der Waals surface area contributed by atoms with Gasteiger partial charge in [-0.15, -0.1) is 0 Å². The van der Waals surface area contributed by atoms with Crippen molar-refractivity contribution in [3.63, 3.8) is 0 Å². The van der Waals surface area contributed by atoms with E-state index in [0.29, 0.717) is 6.61 Å². The first-order valence-electron chi connectivity index (χ1n) is 9.17. The van der Waals surface area contributed by atoms with Crippen LogP contribution >= 0.6 is 0 Å². The highest BCUT2D eigenvalue weighted by Gasteiger charge is 2.09. The topological polar surface area (TPSA) is 60.7 Å². The van der Waals surface area contributed by atoms with Crippen LogP contribution in [0.25, 0.3) is 0 Å². The third kappa shape index (κ3) is 16.1. The Morgan fingerprint density at radius 2 is 1.00 bits per heavy atom.